The number of benzene rings is 1. The molecule has 1 unspecified atom stereocenters. The summed E-state index contributed by atoms with van der Waals surface area (Å²) >= 11 is 1.64. The molecular weight excluding hydrogens is 256 g/mol. The average molecular weight is 272 g/mol. The van der Waals surface area contributed by atoms with Gasteiger partial charge in [-0.25, -0.2) is 4.98 Å². The third-order valence-corrected chi connectivity index (χ3v) is 3.97. The van der Waals surface area contributed by atoms with E-state index in [-0.39, 0.29) is 6.04 Å². The Morgan fingerprint density at radius 1 is 1.47 bits per heavy atom. The van der Waals surface area contributed by atoms with Crippen LogP contribution in [-0.4, -0.2) is 9.38 Å². The maximum absolute atomic E-state index is 5.69. The lowest BCUT2D eigenvalue weighted by atomic mass is 10.0. The predicted molar refractivity (Wildman–Crippen MR) is 78.0 cm³/mol. The molecule has 0 fully saturated rings. The third kappa shape index (κ3) is 2.53. The molecule has 3 N–H and O–H groups in total. The molecule has 0 aliphatic rings. The lowest BCUT2D eigenvalue weighted by Crippen LogP contribution is -2.29. The Hall–Kier alpha value is -1.69. The van der Waals surface area contributed by atoms with Crippen LogP contribution >= 0.6 is 11.3 Å². The summed E-state index contributed by atoms with van der Waals surface area (Å²) in [7, 11) is 0. The van der Waals surface area contributed by atoms with Gasteiger partial charge in [0, 0.05) is 24.2 Å². The zero-order valence-corrected chi connectivity index (χ0v) is 11.5. The third-order valence-electron chi connectivity index (χ3n) is 3.20. The number of nitrogens with one attached hydrogen (secondary N) is 1. The van der Waals surface area contributed by atoms with E-state index in [1.165, 1.54) is 11.1 Å². The molecule has 98 valence electrons. The summed E-state index contributed by atoms with van der Waals surface area (Å²) in [5, 5.41) is 2.03. The van der Waals surface area contributed by atoms with Crippen LogP contribution in [0.4, 0.5) is 0 Å². The second-order valence-electron chi connectivity index (χ2n) is 4.66. The van der Waals surface area contributed by atoms with Gasteiger partial charge in [0.25, 0.3) is 0 Å². The molecule has 1 atom stereocenters. The standard InChI is InChI=1S/C14H16N4S/c1-10-3-2-4-11(7-10)13(17-15)8-12-9-18-5-6-19-14(18)16-12/h2-7,9,13,17H,8,15H2,1H3. The van der Waals surface area contributed by atoms with E-state index in [2.05, 4.69) is 47.8 Å². The summed E-state index contributed by atoms with van der Waals surface area (Å²) in [5.41, 5.74) is 6.37. The first-order valence-corrected chi connectivity index (χ1v) is 7.08. The van der Waals surface area contributed by atoms with Crippen molar-refractivity contribution in [3.8, 4) is 0 Å². The molecule has 2 aromatic heterocycles. The number of hydrogen-bond donors (Lipinski definition) is 2. The van der Waals surface area contributed by atoms with Crippen molar-refractivity contribution in [1.29, 1.82) is 0 Å². The summed E-state index contributed by atoms with van der Waals surface area (Å²) in [6, 6.07) is 8.48. The Balaban J connectivity index is 1.85. The lowest BCUT2D eigenvalue weighted by Gasteiger charge is -2.15. The van der Waals surface area contributed by atoms with Crippen molar-refractivity contribution in [2.75, 3.05) is 0 Å². The normalized spacial score (nSPS) is 12.9. The SMILES string of the molecule is Cc1cccc(C(Cc2cn3ccsc3n2)NN)c1. The molecule has 0 saturated heterocycles. The number of rotatable bonds is 4. The van der Waals surface area contributed by atoms with Crippen LogP contribution < -0.4 is 11.3 Å². The van der Waals surface area contributed by atoms with Gasteiger partial charge in [-0.1, -0.05) is 29.8 Å². The minimum atomic E-state index is 0.0875. The van der Waals surface area contributed by atoms with Crippen LogP contribution in [0.2, 0.25) is 0 Å². The van der Waals surface area contributed by atoms with E-state index < -0.39 is 0 Å². The Morgan fingerprint density at radius 2 is 2.37 bits per heavy atom. The van der Waals surface area contributed by atoms with Crippen molar-refractivity contribution in [3.05, 3.63) is 58.9 Å². The Kier molecular flexibility index (Phi) is 3.33. The van der Waals surface area contributed by atoms with E-state index >= 15 is 0 Å². The van der Waals surface area contributed by atoms with Gasteiger partial charge in [0.15, 0.2) is 4.96 Å². The number of thiazole rings is 1. The molecule has 0 amide bonds. The van der Waals surface area contributed by atoms with Crippen LogP contribution in [0.5, 0.6) is 0 Å². The van der Waals surface area contributed by atoms with Crippen molar-refractivity contribution in [2.24, 2.45) is 5.84 Å². The molecular formula is C14H16N4S. The lowest BCUT2D eigenvalue weighted by molar-refractivity contribution is 0.547. The zero-order chi connectivity index (χ0) is 13.2. The van der Waals surface area contributed by atoms with Gasteiger partial charge in [0.2, 0.25) is 0 Å². The second-order valence-corrected chi connectivity index (χ2v) is 5.54. The number of aryl methyl sites for hydroxylation is 1. The van der Waals surface area contributed by atoms with Crippen molar-refractivity contribution in [3.63, 3.8) is 0 Å². The fourth-order valence-electron chi connectivity index (χ4n) is 2.24. The van der Waals surface area contributed by atoms with Gasteiger partial charge in [-0.15, -0.1) is 11.3 Å². The van der Waals surface area contributed by atoms with Gasteiger partial charge in [0.05, 0.1) is 11.7 Å². The van der Waals surface area contributed by atoms with E-state index in [4.69, 9.17) is 5.84 Å². The highest BCUT2D eigenvalue weighted by Gasteiger charge is 2.13. The van der Waals surface area contributed by atoms with Crippen molar-refractivity contribution < 1.29 is 0 Å². The number of fused-ring (bicyclic) bond motifs is 1. The molecule has 3 aromatic rings. The molecule has 0 radical (unpaired) electrons. The molecule has 0 aliphatic heterocycles. The van der Waals surface area contributed by atoms with Crippen molar-refractivity contribution in [1.82, 2.24) is 14.8 Å². The number of nitrogens with zero attached hydrogens (tertiary/aromatic N) is 2. The van der Waals surface area contributed by atoms with Crippen molar-refractivity contribution in [2.45, 2.75) is 19.4 Å². The molecule has 0 spiro atoms. The molecule has 2 heterocycles. The minimum Gasteiger partial charge on any atom is -0.297 e. The van der Waals surface area contributed by atoms with Gasteiger partial charge in [-0.05, 0) is 12.5 Å². The van der Waals surface area contributed by atoms with E-state index in [1.54, 1.807) is 11.3 Å². The number of hydrazine groups is 1. The maximum Gasteiger partial charge on any atom is 0.193 e. The van der Waals surface area contributed by atoms with Crippen LogP contribution in [0.15, 0.2) is 42.0 Å². The average Bonchev–Trinajstić information content (AvgIpc) is 2.96. The highest BCUT2D eigenvalue weighted by atomic mass is 32.1. The molecule has 0 saturated carbocycles. The summed E-state index contributed by atoms with van der Waals surface area (Å²) < 4.78 is 2.05. The Bertz CT molecular complexity index is 657. The van der Waals surface area contributed by atoms with Gasteiger partial charge in [0.1, 0.15) is 0 Å². The van der Waals surface area contributed by atoms with Crippen LogP contribution in [0, 0.1) is 6.92 Å². The number of hydrogen-bond acceptors (Lipinski definition) is 4. The first-order chi connectivity index (χ1) is 9.26. The fraction of sp³-hybridized carbons (Fsp3) is 0.214. The molecule has 0 bridgehead atoms. The van der Waals surface area contributed by atoms with Crippen LogP contribution in [0.1, 0.15) is 22.9 Å². The summed E-state index contributed by atoms with van der Waals surface area (Å²) in [5.74, 6) is 5.69. The highest BCUT2D eigenvalue weighted by molar-refractivity contribution is 7.15. The van der Waals surface area contributed by atoms with Crippen LogP contribution in [-0.2, 0) is 6.42 Å². The number of aromatic nitrogens is 2. The fourth-order valence-corrected chi connectivity index (χ4v) is 2.96. The first kappa shape index (κ1) is 12.3. The number of imidazole rings is 1. The number of nitrogens with two attached hydrogens (primary N) is 1. The molecule has 3 rings (SSSR count). The molecule has 1 aromatic carbocycles. The minimum absolute atomic E-state index is 0.0875. The first-order valence-electron chi connectivity index (χ1n) is 6.20. The van der Waals surface area contributed by atoms with E-state index in [0.29, 0.717) is 0 Å². The van der Waals surface area contributed by atoms with Crippen LogP contribution in [0.3, 0.4) is 0 Å². The molecule has 5 heteroatoms. The summed E-state index contributed by atoms with van der Waals surface area (Å²) in [6.45, 7) is 2.09. The van der Waals surface area contributed by atoms with Crippen LogP contribution in [0.25, 0.3) is 4.96 Å². The Labute approximate surface area is 115 Å². The zero-order valence-electron chi connectivity index (χ0n) is 10.7. The quantitative estimate of drug-likeness (QED) is 0.566. The van der Waals surface area contributed by atoms with Gasteiger partial charge in [-0.3, -0.25) is 15.7 Å². The largest absolute Gasteiger partial charge is 0.297 e. The van der Waals surface area contributed by atoms with Crippen molar-refractivity contribution >= 4 is 16.3 Å². The Morgan fingerprint density at radius 3 is 3.11 bits per heavy atom. The molecule has 19 heavy (non-hydrogen) atoms. The van der Waals surface area contributed by atoms with Gasteiger partial charge < -0.3 is 0 Å². The monoisotopic (exact) mass is 272 g/mol. The molecule has 0 aliphatic carbocycles. The van der Waals surface area contributed by atoms with E-state index in [0.717, 1.165) is 17.1 Å². The van der Waals surface area contributed by atoms with E-state index in [9.17, 15) is 0 Å². The smallest absolute Gasteiger partial charge is 0.193 e. The summed E-state index contributed by atoms with van der Waals surface area (Å²) in [6.07, 6.45) is 4.87. The predicted octanol–water partition coefficient (Wildman–Crippen LogP) is 2.45. The second kappa shape index (κ2) is 5.13. The van der Waals surface area contributed by atoms with Gasteiger partial charge in [-0.2, -0.15) is 0 Å². The topological polar surface area (TPSA) is 55.3 Å². The van der Waals surface area contributed by atoms with Gasteiger partial charge >= 0.3 is 0 Å². The maximum atomic E-state index is 5.69. The highest BCUT2D eigenvalue weighted by Crippen LogP contribution is 2.20. The van der Waals surface area contributed by atoms with E-state index in [1.807, 2.05) is 16.0 Å². The molecule has 4 nitrogen and oxygen atoms in total. The summed E-state index contributed by atoms with van der Waals surface area (Å²) in [4.78, 5) is 5.62.